The first kappa shape index (κ1) is 22.8. The van der Waals surface area contributed by atoms with E-state index < -0.39 is 17.2 Å². The van der Waals surface area contributed by atoms with Gasteiger partial charge in [0.25, 0.3) is 11.5 Å². The number of hydrogen-bond donors (Lipinski definition) is 2. The highest BCUT2D eigenvalue weighted by atomic mass is 16.2. The standard InChI is InChI=1S/C23H28N6O3/c1-16(2)12-14-28(19(30)10-9-18-11-13-25-27(18)3)20-21(24)29(23(32)26-22(20)31)15-17-7-5-4-6-8-17/h4-11,13,16H,12,14-15,24H2,1-3H3,(H,26,31,32). The lowest BCUT2D eigenvalue weighted by atomic mass is 10.1. The van der Waals surface area contributed by atoms with E-state index in [2.05, 4.69) is 10.1 Å². The molecule has 1 aromatic carbocycles. The van der Waals surface area contributed by atoms with Gasteiger partial charge in [0.1, 0.15) is 5.82 Å². The van der Waals surface area contributed by atoms with E-state index in [1.54, 1.807) is 30.1 Å². The number of nitrogens with two attached hydrogens (primary N) is 1. The van der Waals surface area contributed by atoms with E-state index in [1.165, 1.54) is 15.5 Å². The molecule has 9 nitrogen and oxygen atoms in total. The van der Waals surface area contributed by atoms with Crippen molar-refractivity contribution in [3.63, 3.8) is 0 Å². The lowest BCUT2D eigenvalue weighted by Gasteiger charge is -2.24. The second-order valence-corrected chi connectivity index (χ2v) is 7.95. The highest BCUT2D eigenvalue weighted by Crippen LogP contribution is 2.20. The second kappa shape index (κ2) is 9.95. The molecule has 9 heteroatoms. The molecule has 0 aliphatic carbocycles. The largest absolute Gasteiger partial charge is 0.383 e. The number of nitrogens with zero attached hydrogens (tertiary/aromatic N) is 4. The number of amides is 1. The molecule has 0 unspecified atom stereocenters. The molecule has 0 aliphatic rings. The Bertz CT molecular complexity index is 1220. The van der Waals surface area contributed by atoms with E-state index in [9.17, 15) is 14.4 Å². The number of carbonyl (C=O) groups is 1. The summed E-state index contributed by atoms with van der Waals surface area (Å²) in [6.07, 6.45) is 5.29. The van der Waals surface area contributed by atoms with Crippen LogP contribution in [0.5, 0.6) is 0 Å². The van der Waals surface area contributed by atoms with Crippen LogP contribution in [0.1, 0.15) is 31.5 Å². The predicted molar refractivity (Wildman–Crippen MR) is 125 cm³/mol. The minimum atomic E-state index is -0.692. The van der Waals surface area contributed by atoms with Crippen LogP contribution in [0.4, 0.5) is 11.5 Å². The van der Waals surface area contributed by atoms with E-state index in [0.717, 1.165) is 11.3 Å². The van der Waals surface area contributed by atoms with Gasteiger partial charge in [-0.1, -0.05) is 44.2 Å². The first-order valence-corrected chi connectivity index (χ1v) is 10.4. The summed E-state index contributed by atoms with van der Waals surface area (Å²) in [6, 6.07) is 11.1. The quantitative estimate of drug-likeness (QED) is 0.524. The number of anilines is 2. The molecule has 3 rings (SSSR count). The number of aryl methyl sites for hydroxylation is 1. The maximum Gasteiger partial charge on any atom is 0.330 e. The average molecular weight is 437 g/mol. The molecule has 0 spiro atoms. The molecule has 3 aromatic rings. The van der Waals surface area contributed by atoms with Crippen LogP contribution in [0.25, 0.3) is 6.08 Å². The number of aromatic amines is 1. The first-order chi connectivity index (χ1) is 15.3. The van der Waals surface area contributed by atoms with Crippen molar-refractivity contribution in [3.05, 3.63) is 80.8 Å². The van der Waals surface area contributed by atoms with Gasteiger partial charge in [-0.25, -0.2) is 4.79 Å². The molecule has 2 heterocycles. The molecule has 0 bridgehead atoms. The third-order valence-electron chi connectivity index (χ3n) is 5.12. The van der Waals surface area contributed by atoms with Crippen LogP contribution in [0.3, 0.4) is 0 Å². The van der Waals surface area contributed by atoms with Gasteiger partial charge in [-0.15, -0.1) is 0 Å². The monoisotopic (exact) mass is 436 g/mol. The van der Waals surface area contributed by atoms with Gasteiger partial charge < -0.3 is 10.6 Å². The number of rotatable bonds is 8. The lowest BCUT2D eigenvalue weighted by Crippen LogP contribution is -2.41. The Morgan fingerprint density at radius 2 is 1.94 bits per heavy atom. The van der Waals surface area contributed by atoms with Crippen molar-refractivity contribution in [2.45, 2.75) is 26.8 Å². The summed E-state index contributed by atoms with van der Waals surface area (Å²) in [4.78, 5) is 42.0. The number of carbonyl (C=O) groups excluding carboxylic acids is 1. The molecular formula is C23H28N6O3. The molecule has 0 saturated heterocycles. The van der Waals surface area contributed by atoms with Gasteiger partial charge in [0, 0.05) is 25.9 Å². The predicted octanol–water partition coefficient (Wildman–Crippen LogP) is 1.99. The molecule has 2 aromatic heterocycles. The maximum absolute atomic E-state index is 13.1. The zero-order valence-electron chi connectivity index (χ0n) is 18.5. The van der Waals surface area contributed by atoms with Gasteiger partial charge in [-0.05, 0) is 30.0 Å². The molecule has 0 aliphatic heterocycles. The minimum Gasteiger partial charge on any atom is -0.383 e. The lowest BCUT2D eigenvalue weighted by molar-refractivity contribution is -0.114. The van der Waals surface area contributed by atoms with E-state index in [4.69, 9.17) is 5.73 Å². The molecule has 3 N–H and O–H groups in total. The Labute approximate surface area is 185 Å². The third-order valence-corrected chi connectivity index (χ3v) is 5.12. The number of hydrogen-bond acceptors (Lipinski definition) is 5. The zero-order chi connectivity index (χ0) is 23.3. The van der Waals surface area contributed by atoms with Crippen LogP contribution in [0.15, 0.2) is 58.3 Å². The van der Waals surface area contributed by atoms with Gasteiger partial charge in [-0.2, -0.15) is 5.10 Å². The van der Waals surface area contributed by atoms with E-state index >= 15 is 0 Å². The van der Waals surface area contributed by atoms with Gasteiger partial charge in [0.05, 0.1) is 12.2 Å². The van der Waals surface area contributed by atoms with Crippen molar-refractivity contribution in [3.8, 4) is 0 Å². The van der Waals surface area contributed by atoms with Gasteiger partial charge in [-0.3, -0.25) is 23.8 Å². The smallest absolute Gasteiger partial charge is 0.330 e. The van der Waals surface area contributed by atoms with E-state index in [0.29, 0.717) is 12.3 Å². The fourth-order valence-corrected chi connectivity index (χ4v) is 3.27. The fourth-order valence-electron chi connectivity index (χ4n) is 3.27. The SMILES string of the molecule is CC(C)CCN(C(=O)C=Cc1ccnn1C)c1c(N)n(Cc2ccccc2)c(=O)[nH]c1=O. The van der Waals surface area contributed by atoms with Crippen LogP contribution in [0.2, 0.25) is 0 Å². The zero-order valence-corrected chi connectivity index (χ0v) is 18.5. The Hall–Kier alpha value is -3.88. The van der Waals surface area contributed by atoms with Gasteiger partial charge >= 0.3 is 5.69 Å². The van der Waals surface area contributed by atoms with Crippen molar-refractivity contribution < 1.29 is 4.79 Å². The number of aromatic nitrogens is 4. The van der Waals surface area contributed by atoms with E-state index in [1.807, 2.05) is 44.2 Å². The molecule has 0 fully saturated rings. The number of benzene rings is 1. The summed E-state index contributed by atoms with van der Waals surface area (Å²) >= 11 is 0. The molecule has 0 atom stereocenters. The van der Waals surface area contributed by atoms with Crippen LogP contribution in [-0.2, 0) is 18.4 Å². The molecule has 0 radical (unpaired) electrons. The van der Waals surface area contributed by atoms with Crippen molar-refractivity contribution in [1.82, 2.24) is 19.3 Å². The summed E-state index contributed by atoms with van der Waals surface area (Å²) in [5.41, 5.74) is 6.54. The summed E-state index contributed by atoms with van der Waals surface area (Å²) < 4.78 is 2.90. The van der Waals surface area contributed by atoms with Crippen LogP contribution >= 0.6 is 0 Å². The van der Waals surface area contributed by atoms with Crippen molar-refractivity contribution in [2.75, 3.05) is 17.2 Å². The van der Waals surface area contributed by atoms with Crippen LogP contribution in [-0.4, -0.2) is 31.8 Å². The summed E-state index contributed by atoms with van der Waals surface area (Å²) in [7, 11) is 1.77. The van der Waals surface area contributed by atoms with Gasteiger partial charge in [0.2, 0.25) is 0 Å². The molecule has 1 amide bonds. The van der Waals surface area contributed by atoms with Crippen LogP contribution < -0.4 is 21.9 Å². The molecular weight excluding hydrogens is 408 g/mol. The summed E-state index contributed by atoms with van der Waals surface area (Å²) in [5, 5.41) is 4.07. The minimum absolute atomic E-state index is 0.0270. The highest BCUT2D eigenvalue weighted by Gasteiger charge is 2.23. The Morgan fingerprint density at radius 1 is 1.22 bits per heavy atom. The number of nitrogen functional groups attached to an aromatic ring is 1. The fraction of sp³-hybridized carbons (Fsp3) is 0.304. The number of H-pyrrole nitrogens is 1. The maximum atomic E-state index is 13.1. The Balaban J connectivity index is 2.03. The summed E-state index contributed by atoms with van der Waals surface area (Å²) in [5.74, 6) is -0.163. The second-order valence-electron chi connectivity index (χ2n) is 7.95. The third kappa shape index (κ3) is 5.23. The molecule has 168 valence electrons. The Morgan fingerprint density at radius 3 is 2.56 bits per heavy atom. The van der Waals surface area contributed by atoms with Crippen molar-refractivity contribution in [1.29, 1.82) is 0 Å². The molecule has 32 heavy (non-hydrogen) atoms. The normalized spacial score (nSPS) is 11.4. The van der Waals surface area contributed by atoms with Gasteiger partial charge in [0.15, 0.2) is 5.69 Å². The first-order valence-electron chi connectivity index (χ1n) is 10.4. The average Bonchev–Trinajstić information content (AvgIpc) is 3.16. The molecule has 0 saturated carbocycles. The number of nitrogens with one attached hydrogen (secondary N) is 1. The van der Waals surface area contributed by atoms with Crippen molar-refractivity contribution >= 4 is 23.5 Å². The Kier molecular flexibility index (Phi) is 7.09. The summed E-state index contributed by atoms with van der Waals surface area (Å²) in [6.45, 7) is 4.51. The van der Waals surface area contributed by atoms with Crippen LogP contribution in [0, 0.1) is 5.92 Å². The highest BCUT2D eigenvalue weighted by molar-refractivity contribution is 6.05. The van der Waals surface area contributed by atoms with E-state index in [-0.39, 0.29) is 24.6 Å². The van der Waals surface area contributed by atoms with Crippen molar-refractivity contribution in [2.24, 2.45) is 13.0 Å². The topological polar surface area (TPSA) is 119 Å².